The Bertz CT molecular complexity index is 457. The Kier molecular flexibility index (Phi) is 16.8. The molecule has 0 aliphatic carbocycles. The van der Waals surface area contributed by atoms with Crippen LogP contribution < -0.4 is 0 Å². The number of aliphatic hydroxyl groups excluding tert-OH is 2. The molecule has 0 bridgehead atoms. The van der Waals surface area contributed by atoms with Gasteiger partial charge in [-0.15, -0.1) is 0 Å². The molecule has 10 nitrogen and oxygen atoms in total. The lowest BCUT2D eigenvalue weighted by Crippen LogP contribution is -2.03. The first kappa shape index (κ1) is 26.3. The van der Waals surface area contributed by atoms with Crippen LogP contribution >= 0.6 is 0 Å². The number of carbonyl (C=O) groups is 2. The van der Waals surface area contributed by atoms with Crippen LogP contribution in [-0.4, -0.2) is 74.6 Å². The molecule has 0 aliphatic heterocycles. The summed E-state index contributed by atoms with van der Waals surface area (Å²) in [5.74, 6) is -4.17. The summed E-state index contributed by atoms with van der Waals surface area (Å²) in [6, 6.07) is 1.69. The summed E-state index contributed by atoms with van der Waals surface area (Å²) in [5.41, 5.74) is -0.289. The van der Waals surface area contributed by atoms with Crippen LogP contribution in [0.1, 0.15) is 24.2 Å². The van der Waals surface area contributed by atoms with Gasteiger partial charge in [-0.1, -0.05) is 0 Å². The number of methoxy groups -OCH3 is 1. The van der Waals surface area contributed by atoms with Crippen LogP contribution in [-0.2, 0) is 9.53 Å². The van der Waals surface area contributed by atoms with E-state index in [1.807, 2.05) is 0 Å². The predicted molar refractivity (Wildman–Crippen MR) is 83.4 cm³/mol. The van der Waals surface area contributed by atoms with E-state index in [9.17, 15) is 4.79 Å². The van der Waals surface area contributed by atoms with Gasteiger partial charge in [-0.3, -0.25) is 4.79 Å². The molecule has 0 saturated carbocycles. The molecular formula is C14H24O10. The van der Waals surface area contributed by atoms with Crippen molar-refractivity contribution in [1.82, 2.24) is 0 Å². The van der Waals surface area contributed by atoms with Gasteiger partial charge in [-0.25, -0.2) is 4.79 Å². The van der Waals surface area contributed by atoms with E-state index in [0.717, 1.165) is 19.1 Å². The molecule has 0 spiro atoms. The Balaban J connectivity index is -0.000000306. The van der Waals surface area contributed by atoms with Crippen LogP contribution in [0.2, 0.25) is 0 Å². The van der Waals surface area contributed by atoms with Gasteiger partial charge < -0.3 is 40.5 Å². The highest BCUT2D eigenvalue weighted by Gasteiger charge is 2.11. The molecule has 1 unspecified atom stereocenters. The second kappa shape index (κ2) is 15.3. The van der Waals surface area contributed by atoms with Crippen molar-refractivity contribution < 1.29 is 50.1 Å². The predicted octanol–water partition coefficient (Wildman–Crippen LogP) is 0.215. The third kappa shape index (κ3) is 17.5. The highest BCUT2D eigenvalue weighted by molar-refractivity contribution is 5.89. The lowest BCUT2D eigenvalue weighted by Gasteiger charge is -2.01. The number of aromatic carboxylic acids is 1. The second-order valence-electron chi connectivity index (χ2n) is 4.13. The zero-order valence-electron chi connectivity index (χ0n) is 13.8. The fraction of sp³-hybridized carbons (Fsp3) is 0.429. The summed E-state index contributed by atoms with van der Waals surface area (Å²) in [5, 5.41) is 58.4. The number of benzene rings is 1. The fourth-order valence-corrected chi connectivity index (χ4v) is 0.728. The number of aliphatic hydroxyl groups is 2. The Morgan fingerprint density at radius 3 is 1.50 bits per heavy atom. The molecular weight excluding hydrogens is 328 g/mol. The first-order valence-electron chi connectivity index (χ1n) is 6.31. The Morgan fingerprint density at radius 2 is 1.33 bits per heavy atom. The van der Waals surface area contributed by atoms with Crippen LogP contribution in [0.15, 0.2) is 12.1 Å². The number of phenols is 3. The summed E-state index contributed by atoms with van der Waals surface area (Å²) in [7, 11) is 3.25. The van der Waals surface area contributed by atoms with Gasteiger partial charge in [0.2, 0.25) is 0 Å². The van der Waals surface area contributed by atoms with E-state index < -0.39 is 35.3 Å². The molecule has 1 aromatic carbocycles. The molecule has 0 fully saturated rings. The van der Waals surface area contributed by atoms with Crippen molar-refractivity contribution in [3.8, 4) is 17.2 Å². The molecule has 0 heterocycles. The topological polar surface area (TPSA) is 185 Å². The molecule has 1 aromatic rings. The maximum atomic E-state index is 10.3. The molecule has 1 atom stereocenters. The van der Waals surface area contributed by atoms with E-state index in [1.54, 1.807) is 14.2 Å². The number of aromatic hydroxyl groups is 3. The highest BCUT2D eigenvalue weighted by atomic mass is 16.4. The lowest BCUT2D eigenvalue weighted by molar-refractivity contribution is -0.134. The Labute approximate surface area is 138 Å². The first-order chi connectivity index (χ1) is 10.9. The SMILES string of the molecule is CC(=O)O.CC(O)CO.COC.O=C(O)c1cc(O)c(O)c(O)c1. The largest absolute Gasteiger partial charge is 0.504 e. The maximum Gasteiger partial charge on any atom is 0.335 e. The molecule has 1 rings (SSSR count). The van der Waals surface area contributed by atoms with Gasteiger partial charge in [0.05, 0.1) is 18.3 Å². The molecule has 0 amide bonds. The van der Waals surface area contributed by atoms with E-state index >= 15 is 0 Å². The third-order valence-electron chi connectivity index (χ3n) is 1.58. The molecule has 7 N–H and O–H groups in total. The van der Waals surface area contributed by atoms with E-state index in [2.05, 4.69) is 4.74 Å². The fourth-order valence-electron chi connectivity index (χ4n) is 0.728. The molecule has 0 aliphatic rings. The maximum absolute atomic E-state index is 10.3. The van der Waals surface area contributed by atoms with Crippen LogP contribution in [0.3, 0.4) is 0 Å². The Morgan fingerprint density at radius 1 is 1.08 bits per heavy atom. The van der Waals surface area contributed by atoms with Crippen molar-refractivity contribution >= 4 is 11.9 Å². The number of phenolic OH excluding ortho intramolecular Hbond substituents is 3. The molecule has 10 heteroatoms. The van der Waals surface area contributed by atoms with Crippen LogP contribution in [0.5, 0.6) is 17.2 Å². The number of hydrogen-bond donors (Lipinski definition) is 7. The van der Waals surface area contributed by atoms with Crippen molar-refractivity contribution in [2.45, 2.75) is 20.0 Å². The van der Waals surface area contributed by atoms with Gasteiger partial charge in [0.1, 0.15) is 0 Å². The average Bonchev–Trinajstić information content (AvgIpc) is 2.45. The quantitative estimate of drug-likeness (QED) is 0.363. The van der Waals surface area contributed by atoms with Gasteiger partial charge in [-0.05, 0) is 19.1 Å². The summed E-state index contributed by atoms with van der Waals surface area (Å²) in [6.07, 6.45) is -0.560. The minimum atomic E-state index is -1.29. The van der Waals surface area contributed by atoms with E-state index in [1.165, 1.54) is 6.92 Å². The monoisotopic (exact) mass is 352 g/mol. The number of hydrogen-bond acceptors (Lipinski definition) is 8. The van der Waals surface area contributed by atoms with Crippen LogP contribution in [0.25, 0.3) is 0 Å². The molecule has 140 valence electrons. The molecule has 24 heavy (non-hydrogen) atoms. The Hall–Kier alpha value is -2.56. The minimum absolute atomic E-state index is 0.139. The number of rotatable bonds is 2. The smallest absolute Gasteiger partial charge is 0.335 e. The van der Waals surface area contributed by atoms with Crippen LogP contribution in [0.4, 0.5) is 0 Å². The summed E-state index contributed by atoms with van der Waals surface area (Å²) in [4.78, 5) is 19.3. The van der Waals surface area contributed by atoms with E-state index in [4.69, 9.17) is 40.5 Å². The average molecular weight is 352 g/mol. The highest BCUT2D eigenvalue weighted by Crippen LogP contribution is 2.35. The van der Waals surface area contributed by atoms with Gasteiger partial charge in [0.15, 0.2) is 17.2 Å². The summed E-state index contributed by atoms with van der Waals surface area (Å²) in [6.45, 7) is 2.47. The summed E-state index contributed by atoms with van der Waals surface area (Å²) >= 11 is 0. The van der Waals surface area contributed by atoms with Gasteiger partial charge >= 0.3 is 5.97 Å². The normalized spacial score (nSPS) is 9.75. The zero-order chi connectivity index (χ0) is 19.9. The van der Waals surface area contributed by atoms with Crippen molar-refractivity contribution in [3.63, 3.8) is 0 Å². The number of carboxylic acid groups (broad SMARTS) is 2. The lowest BCUT2D eigenvalue weighted by atomic mass is 10.2. The number of carboxylic acids is 2. The molecule has 0 radical (unpaired) electrons. The van der Waals surface area contributed by atoms with Gasteiger partial charge in [-0.2, -0.15) is 0 Å². The van der Waals surface area contributed by atoms with Crippen molar-refractivity contribution in [1.29, 1.82) is 0 Å². The number of ether oxygens (including phenoxy) is 1. The standard InChI is InChI=1S/C7H6O5.C3H8O2.C2H4O2.C2H6O/c8-4-1-3(7(11)12)2-5(9)6(4)10;1-3(5)2-4;1-2(3)4;1-3-2/h1-2,8-10H,(H,11,12);3-5H,2H2,1H3;1H3,(H,3,4);1-2H3. The molecule has 0 aromatic heterocycles. The van der Waals surface area contributed by atoms with Crippen molar-refractivity contribution in [2.75, 3.05) is 20.8 Å². The van der Waals surface area contributed by atoms with Gasteiger partial charge in [0.25, 0.3) is 5.97 Å². The zero-order valence-corrected chi connectivity index (χ0v) is 13.8. The van der Waals surface area contributed by atoms with Crippen LogP contribution in [0, 0.1) is 0 Å². The van der Waals surface area contributed by atoms with Crippen molar-refractivity contribution in [3.05, 3.63) is 17.7 Å². The minimum Gasteiger partial charge on any atom is -0.504 e. The number of aliphatic carboxylic acids is 1. The van der Waals surface area contributed by atoms with Gasteiger partial charge in [0, 0.05) is 21.1 Å². The molecule has 0 saturated heterocycles. The van der Waals surface area contributed by atoms with E-state index in [0.29, 0.717) is 0 Å². The first-order valence-corrected chi connectivity index (χ1v) is 6.31. The second-order valence-corrected chi connectivity index (χ2v) is 4.13. The van der Waals surface area contributed by atoms with E-state index in [-0.39, 0.29) is 12.2 Å². The third-order valence-corrected chi connectivity index (χ3v) is 1.58. The summed E-state index contributed by atoms with van der Waals surface area (Å²) < 4.78 is 4.25. The van der Waals surface area contributed by atoms with Crippen molar-refractivity contribution in [2.24, 2.45) is 0 Å².